The summed E-state index contributed by atoms with van der Waals surface area (Å²) in [6.45, 7) is 3.53. The molecule has 2 rings (SSSR count). The van der Waals surface area contributed by atoms with Gasteiger partial charge in [-0.2, -0.15) is 0 Å². The molecule has 0 aliphatic heterocycles. The predicted octanol–water partition coefficient (Wildman–Crippen LogP) is 0.658. The van der Waals surface area contributed by atoms with Gasteiger partial charge in [-0.3, -0.25) is 0 Å². The van der Waals surface area contributed by atoms with Gasteiger partial charge in [0.1, 0.15) is 0 Å². The number of aryl methyl sites for hydroxylation is 1. The Bertz CT molecular complexity index is 457. The third kappa shape index (κ3) is 1.41. The van der Waals surface area contributed by atoms with Crippen LogP contribution in [0.3, 0.4) is 0 Å². The van der Waals surface area contributed by atoms with E-state index in [2.05, 4.69) is 15.2 Å². The molecule has 0 atom stereocenters. The number of carbonyl (C=O) groups excluding carboxylic acids is 1. The summed E-state index contributed by atoms with van der Waals surface area (Å²) < 4.78 is 3.14. The summed E-state index contributed by atoms with van der Waals surface area (Å²) in [4.78, 5) is 17.1. The molecule has 0 fully saturated rings. The van der Waals surface area contributed by atoms with Crippen molar-refractivity contribution in [3.05, 3.63) is 17.0 Å². The number of carbonyl (C=O) groups is 1. The maximum absolute atomic E-state index is 10.8. The van der Waals surface area contributed by atoms with Crippen LogP contribution in [-0.4, -0.2) is 29.8 Å². The van der Waals surface area contributed by atoms with Crippen molar-refractivity contribution in [3.63, 3.8) is 0 Å². The predicted molar refractivity (Wildman–Crippen MR) is 51.2 cm³/mol. The number of fused-ring (bicyclic) bond motifs is 1. The Labute approximate surface area is 81.3 Å². The number of imidazole rings is 1. The van der Waals surface area contributed by atoms with Gasteiger partial charge in [0.25, 0.3) is 0 Å². The summed E-state index contributed by atoms with van der Waals surface area (Å²) in [5.74, 6) is 0.641. The van der Waals surface area contributed by atoms with E-state index in [1.165, 1.54) is 12.6 Å². The van der Waals surface area contributed by atoms with Crippen LogP contribution in [0.2, 0.25) is 0 Å². The summed E-state index contributed by atoms with van der Waals surface area (Å²) >= 11 is 0.304. The SMILES string of the molecule is CC(=O)Nc1ncn2c(C)c[se]c12. The van der Waals surface area contributed by atoms with Gasteiger partial charge in [0.2, 0.25) is 0 Å². The van der Waals surface area contributed by atoms with E-state index < -0.39 is 0 Å². The number of aromatic nitrogens is 2. The minimum atomic E-state index is -0.0677. The fourth-order valence-corrected chi connectivity index (χ4v) is 3.07. The van der Waals surface area contributed by atoms with Gasteiger partial charge < -0.3 is 0 Å². The van der Waals surface area contributed by atoms with Gasteiger partial charge in [0, 0.05) is 0 Å². The van der Waals surface area contributed by atoms with E-state index in [0.29, 0.717) is 20.3 Å². The zero-order valence-corrected chi connectivity index (χ0v) is 9.08. The van der Waals surface area contributed by atoms with Crippen LogP contribution in [0.1, 0.15) is 12.6 Å². The first-order valence-corrected chi connectivity index (χ1v) is 5.72. The van der Waals surface area contributed by atoms with Crippen molar-refractivity contribution in [1.82, 2.24) is 9.38 Å². The number of hydrogen-bond donors (Lipinski definition) is 1. The van der Waals surface area contributed by atoms with Crippen LogP contribution in [0.4, 0.5) is 5.82 Å². The molecule has 68 valence electrons. The molecule has 5 heteroatoms. The molecule has 1 N–H and O–H groups in total. The van der Waals surface area contributed by atoms with Crippen LogP contribution in [-0.2, 0) is 4.79 Å². The van der Waals surface area contributed by atoms with Gasteiger partial charge in [-0.15, -0.1) is 0 Å². The summed E-state index contributed by atoms with van der Waals surface area (Å²) in [6.07, 6.45) is 1.75. The Hall–Kier alpha value is -1.06. The van der Waals surface area contributed by atoms with Crippen LogP contribution in [0.5, 0.6) is 0 Å². The van der Waals surface area contributed by atoms with E-state index in [1.54, 1.807) is 6.33 Å². The molecule has 0 radical (unpaired) electrons. The zero-order chi connectivity index (χ0) is 9.42. The molecule has 0 unspecified atom stereocenters. The van der Waals surface area contributed by atoms with Crippen molar-refractivity contribution in [3.8, 4) is 0 Å². The van der Waals surface area contributed by atoms with Crippen LogP contribution in [0.15, 0.2) is 11.3 Å². The van der Waals surface area contributed by atoms with Gasteiger partial charge in [0.15, 0.2) is 0 Å². The van der Waals surface area contributed by atoms with Crippen molar-refractivity contribution in [2.24, 2.45) is 0 Å². The topological polar surface area (TPSA) is 46.4 Å². The van der Waals surface area contributed by atoms with Crippen molar-refractivity contribution in [2.45, 2.75) is 13.8 Å². The molecule has 2 aromatic rings. The second-order valence-electron chi connectivity index (χ2n) is 2.83. The summed E-state index contributed by atoms with van der Waals surface area (Å²) in [5.41, 5.74) is 1.19. The Morgan fingerprint density at radius 1 is 1.69 bits per heavy atom. The molecule has 0 aliphatic rings. The van der Waals surface area contributed by atoms with Gasteiger partial charge in [-0.05, 0) is 0 Å². The first-order chi connectivity index (χ1) is 6.18. The van der Waals surface area contributed by atoms with E-state index in [0.717, 1.165) is 4.39 Å². The number of nitrogens with one attached hydrogen (secondary N) is 1. The average Bonchev–Trinajstić information content (AvgIpc) is 2.56. The Morgan fingerprint density at radius 2 is 2.46 bits per heavy atom. The average molecular weight is 242 g/mol. The molecule has 4 nitrogen and oxygen atoms in total. The molecule has 13 heavy (non-hydrogen) atoms. The van der Waals surface area contributed by atoms with Crippen LogP contribution < -0.4 is 5.32 Å². The third-order valence-corrected chi connectivity index (χ3v) is 3.99. The second-order valence-corrected chi connectivity index (χ2v) is 4.63. The number of amides is 1. The quantitative estimate of drug-likeness (QED) is 0.746. The van der Waals surface area contributed by atoms with Gasteiger partial charge >= 0.3 is 80.9 Å². The third-order valence-electron chi connectivity index (χ3n) is 1.74. The second kappa shape index (κ2) is 3.01. The van der Waals surface area contributed by atoms with E-state index in [1.807, 2.05) is 11.3 Å². The molecular weight excluding hydrogens is 233 g/mol. The van der Waals surface area contributed by atoms with E-state index in [9.17, 15) is 4.79 Å². The van der Waals surface area contributed by atoms with Crippen molar-refractivity contribution in [2.75, 3.05) is 5.32 Å². The van der Waals surface area contributed by atoms with Gasteiger partial charge in [0.05, 0.1) is 0 Å². The number of hydrogen-bond acceptors (Lipinski definition) is 2. The van der Waals surface area contributed by atoms with E-state index in [4.69, 9.17) is 0 Å². The number of nitrogens with zero attached hydrogens (tertiary/aromatic N) is 2. The fraction of sp³-hybridized carbons (Fsp3) is 0.250. The molecule has 1 amide bonds. The molecule has 0 spiro atoms. The Kier molecular flexibility index (Phi) is 1.98. The molecule has 2 aromatic heterocycles. The molecule has 2 heterocycles. The zero-order valence-electron chi connectivity index (χ0n) is 7.37. The first kappa shape index (κ1) is 8.53. The van der Waals surface area contributed by atoms with E-state index in [-0.39, 0.29) is 5.91 Å². The Morgan fingerprint density at radius 3 is 3.15 bits per heavy atom. The van der Waals surface area contributed by atoms with Crippen molar-refractivity contribution < 1.29 is 4.79 Å². The molecule has 0 saturated carbocycles. The first-order valence-electron chi connectivity index (χ1n) is 3.87. The number of anilines is 1. The van der Waals surface area contributed by atoms with Crippen molar-refractivity contribution in [1.29, 1.82) is 0 Å². The molecule has 0 aromatic carbocycles. The molecule has 0 bridgehead atoms. The van der Waals surface area contributed by atoms with Gasteiger partial charge in [-0.25, -0.2) is 0 Å². The monoisotopic (exact) mass is 243 g/mol. The standard InChI is InChI=1S/C8H9N3OSe/c1-5-3-13-8-7(10-6(2)12)9-4-11(5)8/h3-4H,1-2H3,(H,10,12). The summed E-state index contributed by atoms with van der Waals surface area (Å²) in [7, 11) is 0. The number of rotatable bonds is 1. The summed E-state index contributed by atoms with van der Waals surface area (Å²) in [5, 5.41) is 2.72. The molecular formula is C8H9N3OSe. The van der Waals surface area contributed by atoms with Crippen LogP contribution >= 0.6 is 0 Å². The molecule has 0 aliphatic carbocycles. The summed E-state index contributed by atoms with van der Waals surface area (Å²) in [6, 6.07) is 0. The van der Waals surface area contributed by atoms with Crippen LogP contribution in [0, 0.1) is 6.92 Å². The van der Waals surface area contributed by atoms with Gasteiger partial charge in [-0.1, -0.05) is 0 Å². The minimum absolute atomic E-state index is 0.0677. The Balaban J connectivity index is 2.52. The molecule has 0 saturated heterocycles. The maximum atomic E-state index is 10.8. The fourth-order valence-electron chi connectivity index (χ4n) is 1.15. The van der Waals surface area contributed by atoms with Crippen molar-refractivity contribution >= 4 is 30.6 Å². The normalized spacial score (nSPS) is 10.6. The van der Waals surface area contributed by atoms with E-state index >= 15 is 0 Å². The van der Waals surface area contributed by atoms with Crippen LogP contribution in [0.25, 0.3) is 4.39 Å².